The number of hydrogen-bond donors (Lipinski definition) is 2. The lowest BCUT2D eigenvalue weighted by molar-refractivity contribution is -0.0325. The van der Waals surface area contributed by atoms with Gasteiger partial charge in [-0.05, 0) is 13.8 Å². The number of rotatable bonds is 6. The maximum Gasteiger partial charge on any atom is 0.330 e. The van der Waals surface area contributed by atoms with Gasteiger partial charge in [0, 0.05) is 19.3 Å². The number of aromatic nitrogens is 2. The van der Waals surface area contributed by atoms with Crippen LogP contribution in [0.4, 0.5) is 4.39 Å². The molecule has 25 heavy (non-hydrogen) atoms. The molecule has 10 nitrogen and oxygen atoms in total. The van der Waals surface area contributed by atoms with Gasteiger partial charge in [-0.25, -0.2) is 9.18 Å². The molecule has 1 aliphatic heterocycles. The number of hydrogen-bond acceptors (Lipinski definition) is 6. The smallest absolute Gasteiger partial charge is 0.330 e. The standard InChI is InChI=1S/C13H19FN4O6S/c1-7(2)23-11-8(6-16-25(21,22)15-3)24-12(10(11)14)18-5-4-9(19)17-13(18)20/h4-8,10-12,15H,1-3H3,(H,17,19,20)/b16-6+/t8-,10-,11-,12-/m1/s1. The highest BCUT2D eigenvalue weighted by Gasteiger charge is 2.47. The van der Waals surface area contributed by atoms with Crippen molar-refractivity contribution in [1.29, 1.82) is 0 Å². The molecule has 2 rings (SSSR count). The maximum absolute atomic E-state index is 14.8. The molecule has 1 fully saturated rings. The van der Waals surface area contributed by atoms with Gasteiger partial charge in [0.15, 0.2) is 12.4 Å². The summed E-state index contributed by atoms with van der Waals surface area (Å²) in [5, 5.41) is 0. The van der Waals surface area contributed by atoms with Crippen molar-refractivity contribution in [2.24, 2.45) is 4.40 Å². The van der Waals surface area contributed by atoms with Crippen LogP contribution in [-0.2, 0) is 19.7 Å². The van der Waals surface area contributed by atoms with E-state index in [0.717, 1.165) is 23.0 Å². The number of alkyl halides is 1. The van der Waals surface area contributed by atoms with E-state index in [-0.39, 0.29) is 6.10 Å². The summed E-state index contributed by atoms with van der Waals surface area (Å²) in [6, 6.07) is 1.04. The summed E-state index contributed by atoms with van der Waals surface area (Å²) < 4.78 is 54.7. The molecule has 1 saturated heterocycles. The normalized spacial score (nSPS) is 27.4. The van der Waals surface area contributed by atoms with E-state index in [9.17, 15) is 22.4 Å². The first-order valence-electron chi connectivity index (χ1n) is 7.40. The fourth-order valence-corrected chi connectivity index (χ4v) is 2.67. The van der Waals surface area contributed by atoms with Gasteiger partial charge < -0.3 is 9.47 Å². The van der Waals surface area contributed by atoms with E-state index in [4.69, 9.17) is 9.47 Å². The van der Waals surface area contributed by atoms with Gasteiger partial charge in [-0.15, -0.1) is 0 Å². The molecule has 0 aromatic carbocycles. The minimum Gasteiger partial charge on any atom is -0.369 e. The van der Waals surface area contributed by atoms with E-state index >= 15 is 0 Å². The van der Waals surface area contributed by atoms with Crippen LogP contribution >= 0.6 is 0 Å². The van der Waals surface area contributed by atoms with Gasteiger partial charge in [0.05, 0.1) is 12.3 Å². The van der Waals surface area contributed by atoms with Crippen molar-refractivity contribution in [3.05, 3.63) is 33.1 Å². The van der Waals surface area contributed by atoms with Crippen LogP contribution in [0.2, 0.25) is 0 Å². The van der Waals surface area contributed by atoms with Crippen LogP contribution in [0.25, 0.3) is 0 Å². The average molecular weight is 378 g/mol. The second kappa shape index (κ2) is 7.56. The van der Waals surface area contributed by atoms with Crippen molar-refractivity contribution in [3.63, 3.8) is 0 Å². The number of nitrogens with zero attached hydrogens (tertiary/aromatic N) is 2. The largest absolute Gasteiger partial charge is 0.369 e. The van der Waals surface area contributed by atoms with Crippen molar-refractivity contribution in [3.8, 4) is 0 Å². The SMILES string of the molecule is CNS(=O)(=O)/N=C/[C@H]1O[C@@H](n2ccc(=O)[nH]c2=O)[C@H](F)[C@@H]1OC(C)C. The summed E-state index contributed by atoms with van der Waals surface area (Å²) >= 11 is 0. The molecule has 4 atom stereocenters. The lowest BCUT2D eigenvalue weighted by Crippen LogP contribution is -2.37. The molecule has 1 aromatic heterocycles. The minimum atomic E-state index is -3.93. The molecule has 0 spiro atoms. The summed E-state index contributed by atoms with van der Waals surface area (Å²) in [5.41, 5.74) is -1.49. The van der Waals surface area contributed by atoms with Gasteiger partial charge in [0.1, 0.15) is 12.2 Å². The lowest BCUT2D eigenvalue weighted by atomic mass is 10.1. The molecule has 1 aliphatic rings. The van der Waals surface area contributed by atoms with Crippen LogP contribution in [-0.4, -0.2) is 55.7 Å². The van der Waals surface area contributed by atoms with Crippen molar-refractivity contribution in [2.45, 2.75) is 44.6 Å². The van der Waals surface area contributed by atoms with Gasteiger partial charge in [-0.3, -0.25) is 14.3 Å². The Morgan fingerprint density at radius 2 is 2.16 bits per heavy atom. The second-order valence-corrected chi connectivity index (χ2v) is 7.11. The van der Waals surface area contributed by atoms with Crippen molar-refractivity contribution in [1.82, 2.24) is 14.3 Å². The van der Waals surface area contributed by atoms with Gasteiger partial charge in [0.2, 0.25) is 0 Å². The Kier molecular flexibility index (Phi) is 5.87. The third-order valence-electron chi connectivity index (χ3n) is 3.37. The zero-order valence-corrected chi connectivity index (χ0v) is 14.6. The highest BCUT2D eigenvalue weighted by molar-refractivity contribution is 7.88. The third-order valence-corrected chi connectivity index (χ3v) is 4.28. The number of H-pyrrole nitrogens is 1. The van der Waals surface area contributed by atoms with Gasteiger partial charge >= 0.3 is 15.9 Å². The van der Waals surface area contributed by atoms with Crippen LogP contribution in [0.15, 0.2) is 26.2 Å². The Labute approximate surface area is 142 Å². The van der Waals surface area contributed by atoms with Crippen LogP contribution in [0.1, 0.15) is 20.1 Å². The summed E-state index contributed by atoms with van der Waals surface area (Å²) in [7, 11) is -2.76. The zero-order chi connectivity index (χ0) is 18.8. The first kappa shape index (κ1) is 19.4. The molecule has 12 heteroatoms. The minimum absolute atomic E-state index is 0.380. The van der Waals surface area contributed by atoms with Crippen molar-refractivity contribution in [2.75, 3.05) is 7.05 Å². The Balaban J connectivity index is 2.36. The predicted octanol–water partition coefficient (Wildman–Crippen LogP) is -0.899. The Morgan fingerprint density at radius 3 is 2.72 bits per heavy atom. The molecule has 0 aliphatic carbocycles. The Morgan fingerprint density at radius 1 is 1.48 bits per heavy atom. The van der Waals surface area contributed by atoms with Crippen molar-refractivity contribution >= 4 is 16.4 Å². The Hall–Kier alpha value is -1.89. The van der Waals surface area contributed by atoms with E-state index in [1.165, 1.54) is 7.05 Å². The van der Waals surface area contributed by atoms with Crippen LogP contribution in [0.3, 0.4) is 0 Å². The van der Waals surface area contributed by atoms with Crippen LogP contribution in [0, 0.1) is 0 Å². The number of nitrogens with one attached hydrogen (secondary N) is 2. The molecule has 0 bridgehead atoms. The van der Waals surface area contributed by atoms with Crippen molar-refractivity contribution < 1.29 is 22.3 Å². The topological polar surface area (TPSA) is 132 Å². The molecular formula is C13H19FN4O6S. The lowest BCUT2D eigenvalue weighted by Gasteiger charge is -2.20. The zero-order valence-electron chi connectivity index (χ0n) is 13.7. The summed E-state index contributed by atoms with van der Waals surface area (Å²) in [6.45, 7) is 3.34. The Bertz CT molecular complexity index is 849. The quantitative estimate of drug-likeness (QED) is 0.617. The summed E-state index contributed by atoms with van der Waals surface area (Å²) in [6.07, 6.45) is -3.91. The molecule has 2 N–H and O–H groups in total. The third kappa shape index (κ3) is 4.60. The van der Waals surface area contributed by atoms with Crippen LogP contribution in [0.5, 0.6) is 0 Å². The fourth-order valence-electron chi connectivity index (χ4n) is 2.28. The molecule has 2 heterocycles. The molecule has 0 saturated carbocycles. The number of aromatic amines is 1. The summed E-state index contributed by atoms with van der Waals surface area (Å²) in [4.78, 5) is 25.0. The monoisotopic (exact) mass is 378 g/mol. The van der Waals surface area contributed by atoms with E-state index in [0.29, 0.717) is 0 Å². The van der Waals surface area contributed by atoms with E-state index in [1.807, 2.05) is 9.71 Å². The average Bonchev–Trinajstić information content (AvgIpc) is 2.82. The molecule has 140 valence electrons. The van der Waals surface area contributed by atoms with Gasteiger partial charge in [-0.2, -0.15) is 17.5 Å². The second-order valence-electron chi connectivity index (χ2n) is 5.54. The van der Waals surface area contributed by atoms with E-state index < -0.39 is 46.1 Å². The molecule has 0 radical (unpaired) electrons. The van der Waals surface area contributed by atoms with E-state index in [1.54, 1.807) is 13.8 Å². The molecule has 0 amide bonds. The maximum atomic E-state index is 14.8. The number of ether oxygens (including phenoxy) is 2. The van der Waals surface area contributed by atoms with Gasteiger partial charge in [0.25, 0.3) is 5.56 Å². The predicted molar refractivity (Wildman–Crippen MR) is 86.6 cm³/mol. The molecule has 0 unspecified atom stereocenters. The number of halogens is 1. The molecule has 1 aromatic rings. The highest BCUT2D eigenvalue weighted by Crippen LogP contribution is 2.32. The first-order chi connectivity index (χ1) is 11.6. The van der Waals surface area contributed by atoms with Gasteiger partial charge in [-0.1, -0.05) is 0 Å². The first-order valence-corrected chi connectivity index (χ1v) is 8.84. The highest BCUT2D eigenvalue weighted by atomic mass is 32.2. The fraction of sp³-hybridized carbons (Fsp3) is 0.615. The summed E-state index contributed by atoms with van der Waals surface area (Å²) in [5.74, 6) is 0. The molecular weight excluding hydrogens is 359 g/mol. The van der Waals surface area contributed by atoms with E-state index in [2.05, 4.69) is 4.40 Å². The van der Waals surface area contributed by atoms with Crippen LogP contribution < -0.4 is 16.0 Å².